The first-order valence-corrected chi connectivity index (χ1v) is 6.47. The minimum atomic E-state index is 0.542. The summed E-state index contributed by atoms with van der Waals surface area (Å²) in [6, 6.07) is 8.02. The van der Waals surface area contributed by atoms with E-state index in [0.717, 1.165) is 16.7 Å². The summed E-state index contributed by atoms with van der Waals surface area (Å²) < 4.78 is 0. The zero-order valence-corrected chi connectivity index (χ0v) is 10.4. The van der Waals surface area contributed by atoms with Gasteiger partial charge in [-0.25, -0.2) is 4.98 Å². The molecule has 88 valence electrons. The van der Waals surface area contributed by atoms with Crippen molar-refractivity contribution < 1.29 is 0 Å². The molecule has 3 heterocycles. The quantitative estimate of drug-likeness (QED) is 0.761. The van der Waals surface area contributed by atoms with Crippen LogP contribution in [0.15, 0.2) is 53.6 Å². The van der Waals surface area contributed by atoms with Crippen molar-refractivity contribution in [3.8, 4) is 22.3 Å². The van der Waals surface area contributed by atoms with E-state index >= 15 is 0 Å². The van der Waals surface area contributed by atoms with Gasteiger partial charge in [0.1, 0.15) is 5.82 Å². The molecule has 3 nitrogen and oxygen atoms in total. The van der Waals surface area contributed by atoms with Gasteiger partial charge < -0.3 is 5.73 Å². The number of anilines is 1. The number of rotatable bonds is 2. The first kappa shape index (κ1) is 10.9. The van der Waals surface area contributed by atoms with Crippen molar-refractivity contribution in [1.82, 2.24) is 9.97 Å². The van der Waals surface area contributed by atoms with E-state index < -0.39 is 0 Å². The molecule has 0 saturated heterocycles. The van der Waals surface area contributed by atoms with Crippen molar-refractivity contribution in [2.45, 2.75) is 0 Å². The third-order valence-electron chi connectivity index (χ3n) is 2.76. The average molecular weight is 253 g/mol. The second-order valence-corrected chi connectivity index (χ2v) is 4.68. The van der Waals surface area contributed by atoms with Gasteiger partial charge in [-0.05, 0) is 46.2 Å². The molecule has 0 radical (unpaired) electrons. The van der Waals surface area contributed by atoms with E-state index in [1.165, 1.54) is 5.56 Å². The molecule has 0 aliphatic heterocycles. The third-order valence-corrected chi connectivity index (χ3v) is 3.45. The van der Waals surface area contributed by atoms with Crippen LogP contribution in [0.3, 0.4) is 0 Å². The topological polar surface area (TPSA) is 51.8 Å². The van der Waals surface area contributed by atoms with Crippen LogP contribution in [0.5, 0.6) is 0 Å². The fourth-order valence-corrected chi connectivity index (χ4v) is 2.49. The number of pyridine rings is 2. The van der Waals surface area contributed by atoms with Crippen molar-refractivity contribution in [3.63, 3.8) is 0 Å². The molecule has 0 atom stereocenters. The Balaban J connectivity index is 2.13. The summed E-state index contributed by atoms with van der Waals surface area (Å²) in [4.78, 5) is 8.29. The van der Waals surface area contributed by atoms with Crippen LogP contribution in [0.25, 0.3) is 22.3 Å². The van der Waals surface area contributed by atoms with Gasteiger partial charge in [0.25, 0.3) is 0 Å². The SMILES string of the molecule is Nc1ncc(-c2ccsc2)cc1-c1ccncc1. The van der Waals surface area contributed by atoms with E-state index in [-0.39, 0.29) is 0 Å². The molecule has 3 aromatic rings. The number of thiophene rings is 1. The highest BCUT2D eigenvalue weighted by molar-refractivity contribution is 7.08. The van der Waals surface area contributed by atoms with Crippen LogP contribution in [-0.4, -0.2) is 9.97 Å². The highest BCUT2D eigenvalue weighted by Crippen LogP contribution is 2.29. The molecule has 0 aromatic carbocycles. The van der Waals surface area contributed by atoms with Gasteiger partial charge >= 0.3 is 0 Å². The van der Waals surface area contributed by atoms with Crippen LogP contribution < -0.4 is 5.73 Å². The van der Waals surface area contributed by atoms with E-state index in [2.05, 4.69) is 32.9 Å². The number of hydrogen-bond acceptors (Lipinski definition) is 4. The summed E-state index contributed by atoms with van der Waals surface area (Å²) in [6.07, 6.45) is 5.32. The minimum Gasteiger partial charge on any atom is -0.383 e. The Hall–Kier alpha value is -2.20. The molecule has 0 aliphatic carbocycles. The van der Waals surface area contributed by atoms with Crippen molar-refractivity contribution >= 4 is 17.2 Å². The molecule has 0 saturated carbocycles. The minimum absolute atomic E-state index is 0.542. The molecule has 0 aliphatic rings. The molecule has 18 heavy (non-hydrogen) atoms. The second-order valence-electron chi connectivity index (χ2n) is 3.90. The van der Waals surface area contributed by atoms with Crippen molar-refractivity contribution in [2.24, 2.45) is 0 Å². The summed E-state index contributed by atoms with van der Waals surface area (Å²) in [7, 11) is 0. The lowest BCUT2D eigenvalue weighted by molar-refractivity contribution is 1.31. The Bertz CT molecular complexity index is 648. The normalized spacial score (nSPS) is 10.4. The highest BCUT2D eigenvalue weighted by atomic mass is 32.1. The van der Waals surface area contributed by atoms with Gasteiger partial charge in [0, 0.05) is 29.7 Å². The number of nitrogens with two attached hydrogens (primary N) is 1. The Kier molecular flexibility index (Phi) is 2.78. The van der Waals surface area contributed by atoms with Crippen molar-refractivity contribution in [2.75, 3.05) is 5.73 Å². The molecule has 3 rings (SSSR count). The van der Waals surface area contributed by atoms with Crippen LogP contribution in [0.2, 0.25) is 0 Å². The molecule has 0 fully saturated rings. The molecule has 0 unspecified atom stereocenters. The fraction of sp³-hybridized carbons (Fsp3) is 0. The fourth-order valence-electron chi connectivity index (χ4n) is 1.82. The predicted molar refractivity (Wildman–Crippen MR) is 75.2 cm³/mol. The van der Waals surface area contributed by atoms with Crippen molar-refractivity contribution in [3.05, 3.63) is 53.6 Å². The molecule has 0 amide bonds. The zero-order valence-electron chi connectivity index (χ0n) is 9.58. The number of nitrogen functional groups attached to an aromatic ring is 1. The van der Waals surface area contributed by atoms with Gasteiger partial charge in [0.15, 0.2) is 0 Å². The standard InChI is InChI=1S/C14H11N3S/c15-14-13(10-1-4-16-5-2-10)7-12(8-17-14)11-3-6-18-9-11/h1-9H,(H2,15,17). The van der Waals surface area contributed by atoms with Gasteiger partial charge in [-0.2, -0.15) is 11.3 Å². The summed E-state index contributed by atoms with van der Waals surface area (Å²) in [5.41, 5.74) is 10.2. The first-order valence-electron chi connectivity index (χ1n) is 5.53. The lowest BCUT2D eigenvalue weighted by Crippen LogP contribution is -1.94. The molecule has 2 N–H and O–H groups in total. The Morgan fingerprint density at radius 3 is 2.56 bits per heavy atom. The van der Waals surface area contributed by atoms with Crippen LogP contribution in [0, 0.1) is 0 Å². The lowest BCUT2D eigenvalue weighted by atomic mass is 10.0. The number of hydrogen-bond donors (Lipinski definition) is 1. The summed E-state index contributed by atoms with van der Waals surface area (Å²) in [5.74, 6) is 0.542. The molecular weight excluding hydrogens is 242 g/mol. The summed E-state index contributed by atoms with van der Waals surface area (Å²) in [5, 5.41) is 4.15. The third kappa shape index (κ3) is 1.98. The maximum Gasteiger partial charge on any atom is 0.131 e. The summed E-state index contributed by atoms with van der Waals surface area (Å²) >= 11 is 1.67. The van der Waals surface area contributed by atoms with Crippen LogP contribution >= 0.6 is 11.3 Å². The summed E-state index contributed by atoms with van der Waals surface area (Å²) in [6.45, 7) is 0. The maximum absolute atomic E-state index is 5.95. The largest absolute Gasteiger partial charge is 0.383 e. The first-order chi connectivity index (χ1) is 8.84. The second kappa shape index (κ2) is 4.58. The zero-order chi connectivity index (χ0) is 12.4. The van der Waals surface area contributed by atoms with Gasteiger partial charge in [0.2, 0.25) is 0 Å². The number of aromatic nitrogens is 2. The smallest absolute Gasteiger partial charge is 0.131 e. The van der Waals surface area contributed by atoms with E-state index in [1.54, 1.807) is 23.7 Å². The van der Waals surface area contributed by atoms with Crippen LogP contribution in [-0.2, 0) is 0 Å². The predicted octanol–water partition coefficient (Wildman–Crippen LogP) is 3.45. The Labute approximate surface area is 109 Å². The lowest BCUT2D eigenvalue weighted by Gasteiger charge is -2.07. The maximum atomic E-state index is 5.95. The van der Waals surface area contributed by atoms with Gasteiger partial charge in [-0.1, -0.05) is 0 Å². The van der Waals surface area contributed by atoms with Gasteiger partial charge in [0.05, 0.1) is 0 Å². The van der Waals surface area contributed by atoms with E-state index in [4.69, 9.17) is 5.73 Å². The molecule has 4 heteroatoms. The number of nitrogens with zero attached hydrogens (tertiary/aromatic N) is 2. The van der Waals surface area contributed by atoms with Crippen molar-refractivity contribution in [1.29, 1.82) is 0 Å². The molecule has 0 spiro atoms. The van der Waals surface area contributed by atoms with Gasteiger partial charge in [-0.15, -0.1) is 0 Å². The molecule has 0 bridgehead atoms. The van der Waals surface area contributed by atoms with Gasteiger partial charge in [-0.3, -0.25) is 4.98 Å². The van der Waals surface area contributed by atoms with E-state index in [9.17, 15) is 0 Å². The molecular formula is C14H11N3S. The average Bonchev–Trinajstić information content (AvgIpc) is 2.94. The van der Waals surface area contributed by atoms with Crippen LogP contribution in [0.1, 0.15) is 0 Å². The highest BCUT2D eigenvalue weighted by Gasteiger charge is 2.06. The van der Waals surface area contributed by atoms with E-state index in [1.807, 2.05) is 18.3 Å². The Morgan fingerprint density at radius 1 is 1.00 bits per heavy atom. The van der Waals surface area contributed by atoms with E-state index in [0.29, 0.717) is 5.82 Å². The monoisotopic (exact) mass is 253 g/mol. The Morgan fingerprint density at radius 2 is 1.83 bits per heavy atom. The van der Waals surface area contributed by atoms with Crippen LogP contribution in [0.4, 0.5) is 5.82 Å². The molecule has 3 aromatic heterocycles.